The maximum absolute atomic E-state index is 11.5. The van der Waals surface area contributed by atoms with Crippen molar-refractivity contribution in [1.29, 1.82) is 0 Å². The van der Waals surface area contributed by atoms with Crippen LogP contribution >= 0.6 is 0 Å². The van der Waals surface area contributed by atoms with Crippen molar-refractivity contribution in [1.82, 2.24) is 4.98 Å². The number of ether oxygens (including phenoxy) is 1. The van der Waals surface area contributed by atoms with Gasteiger partial charge in [0.25, 0.3) is 0 Å². The van der Waals surface area contributed by atoms with Crippen molar-refractivity contribution in [2.75, 3.05) is 7.11 Å². The summed E-state index contributed by atoms with van der Waals surface area (Å²) in [5, 5.41) is 10.9. The lowest BCUT2D eigenvalue weighted by atomic mass is 10.0. The van der Waals surface area contributed by atoms with Gasteiger partial charge in [-0.1, -0.05) is 0 Å². The molecule has 1 aromatic carbocycles. The molecule has 0 atom stereocenters. The van der Waals surface area contributed by atoms with Crippen LogP contribution < -0.4 is 0 Å². The fourth-order valence-electron chi connectivity index (χ4n) is 1.90. The van der Waals surface area contributed by atoms with Crippen LogP contribution in [0.5, 0.6) is 5.75 Å². The van der Waals surface area contributed by atoms with Crippen molar-refractivity contribution in [2.45, 2.75) is 13.8 Å². The van der Waals surface area contributed by atoms with Gasteiger partial charge in [-0.3, -0.25) is 0 Å². The summed E-state index contributed by atoms with van der Waals surface area (Å²) in [7, 11) is 1.30. The van der Waals surface area contributed by atoms with E-state index in [1.807, 2.05) is 19.1 Å². The number of aromatic hydroxyl groups is 1. The van der Waals surface area contributed by atoms with E-state index < -0.39 is 5.97 Å². The van der Waals surface area contributed by atoms with E-state index in [1.165, 1.54) is 7.11 Å². The summed E-state index contributed by atoms with van der Waals surface area (Å²) in [6, 6.07) is 3.77. The van der Waals surface area contributed by atoms with Crippen molar-refractivity contribution in [3.05, 3.63) is 29.0 Å². The number of phenolic OH excluding ortho intramolecular Hbond substituents is 1. The third-order valence-electron chi connectivity index (χ3n) is 2.61. The quantitative estimate of drug-likeness (QED) is 0.723. The third kappa shape index (κ3) is 1.43. The van der Waals surface area contributed by atoms with Crippen LogP contribution in [-0.2, 0) is 4.74 Å². The van der Waals surface area contributed by atoms with Crippen molar-refractivity contribution in [2.24, 2.45) is 0 Å². The van der Waals surface area contributed by atoms with Gasteiger partial charge >= 0.3 is 5.97 Å². The second-order valence-corrected chi connectivity index (χ2v) is 3.83. The first-order valence-corrected chi connectivity index (χ1v) is 4.94. The second kappa shape index (κ2) is 3.56. The van der Waals surface area contributed by atoms with E-state index in [4.69, 9.17) is 0 Å². The number of rotatable bonds is 1. The first-order valence-electron chi connectivity index (χ1n) is 4.94. The highest BCUT2D eigenvalue weighted by molar-refractivity contribution is 6.01. The van der Waals surface area contributed by atoms with E-state index in [2.05, 4.69) is 9.72 Å². The molecule has 4 heteroatoms. The van der Waals surface area contributed by atoms with Gasteiger partial charge in [-0.05, 0) is 31.5 Å². The summed E-state index contributed by atoms with van der Waals surface area (Å²) in [6.07, 6.45) is 0. The van der Waals surface area contributed by atoms with E-state index in [0.717, 1.165) is 11.1 Å². The number of carbonyl (C=O) groups is 1. The fourth-order valence-corrected chi connectivity index (χ4v) is 1.90. The number of H-pyrrole nitrogens is 1. The summed E-state index contributed by atoms with van der Waals surface area (Å²) in [6.45, 7) is 3.67. The van der Waals surface area contributed by atoms with Crippen LogP contribution in [0.4, 0.5) is 0 Å². The number of methoxy groups -OCH3 is 1. The first-order chi connectivity index (χ1) is 7.54. The minimum absolute atomic E-state index is 0.0463. The highest BCUT2D eigenvalue weighted by Gasteiger charge is 2.18. The van der Waals surface area contributed by atoms with Gasteiger partial charge in [0.15, 0.2) is 5.75 Å². The van der Waals surface area contributed by atoms with Crippen LogP contribution in [0.15, 0.2) is 12.1 Å². The van der Waals surface area contributed by atoms with Crippen molar-refractivity contribution < 1.29 is 14.6 Å². The number of fused-ring (bicyclic) bond motifs is 1. The third-order valence-corrected chi connectivity index (χ3v) is 2.61. The molecule has 0 aliphatic rings. The van der Waals surface area contributed by atoms with E-state index in [1.54, 1.807) is 6.92 Å². The van der Waals surface area contributed by atoms with E-state index in [0.29, 0.717) is 11.1 Å². The summed E-state index contributed by atoms with van der Waals surface area (Å²) >= 11 is 0. The Labute approximate surface area is 92.9 Å². The number of carbonyl (C=O) groups excluding carboxylic acids is 1. The molecule has 0 spiro atoms. The molecule has 0 fully saturated rings. The van der Waals surface area contributed by atoms with Crippen molar-refractivity contribution >= 4 is 16.9 Å². The van der Waals surface area contributed by atoms with Crippen LogP contribution in [0.3, 0.4) is 0 Å². The maximum Gasteiger partial charge on any atom is 0.341 e. The zero-order chi connectivity index (χ0) is 11.9. The lowest BCUT2D eigenvalue weighted by Crippen LogP contribution is -2.04. The Bertz CT molecular complexity index is 569. The molecule has 0 saturated carbocycles. The number of benzene rings is 1. The number of aryl methyl sites for hydroxylation is 2. The molecule has 0 aliphatic carbocycles. The molecule has 0 bridgehead atoms. The smallest absolute Gasteiger partial charge is 0.341 e. The molecule has 0 unspecified atom stereocenters. The van der Waals surface area contributed by atoms with Crippen LogP contribution in [-0.4, -0.2) is 23.2 Å². The SMILES string of the molecule is COC(=O)c1c(C)cc2cc(C)[nH]c2c1O. The summed E-state index contributed by atoms with van der Waals surface area (Å²) < 4.78 is 4.64. The molecule has 2 aromatic rings. The Morgan fingerprint density at radius 3 is 2.69 bits per heavy atom. The van der Waals surface area contributed by atoms with Crippen LogP contribution in [0.2, 0.25) is 0 Å². The van der Waals surface area contributed by atoms with E-state index in [9.17, 15) is 9.90 Å². The zero-order valence-corrected chi connectivity index (χ0v) is 9.42. The summed E-state index contributed by atoms with van der Waals surface area (Å²) in [4.78, 5) is 14.5. The molecule has 2 N–H and O–H groups in total. The summed E-state index contributed by atoms with van der Waals surface area (Å²) in [5.41, 5.74) is 2.43. The molecule has 1 heterocycles. The molecule has 0 aliphatic heterocycles. The highest BCUT2D eigenvalue weighted by Crippen LogP contribution is 2.31. The monoisotopic (exact) mass is 219 g/mol. The number of esters is 1. The number of phenols is 1. The summed E-state index contributed by atoms with van der Waals surface area (Å²) in [5.74, 6) is -0.570. The number of aromatic nitrogens is 1. The number of nitrogens with one attached hydrogen (secondary N) is 1. The van der Waals surface area contributed by atoms with Gasteiger partial charge < -0.3 is 14.8 Å². The highest BCUT2D eigenvalue weighted by atomic mass is 16.5. The standard InChI is InChI=1S/C12H13NO3/c1-6-4-8-5-7(2)13-10(8)11(14)9(6)12(15)16-3/h4-5,13-14H,1-3H3. The lowest BCUT2D eigenvalue weighted by Gasteiger charge is -2.07. The molecule has 0 radical (unpaired) electrons. The predicted molar refractivity (Wildman–Crippen MR) is 60.8 cm³/mol. The molecule has 1 aromatic heterocycles. The Kier molecular flexibility index (Phi) is 2.34. The van der Waals surface area contributed by atoms with Crippen LogP contribution in [0, 0.1) is 13.8 Å². The van der Waals surface area contributed by atoms with Gasteiger partial charge in [-0.25, -0.2) is 4.79 Å². The Hall–Kier alpha value is -1.97. The molecule has 2 rings (SSSR count). The van der Waals surface area contributed by atoms with Gasteiger partial charge in [0.2, 0.25) is 0 Å². The van der Waals surface area contributed by atoms with Gasteiger partial charge in [-0.15, -0.1) is 0 Å². The van der Waals surface area contributed by atoms with Crippen molar-refractivity contribution in [3.8, 4) is 5.75 Å². The lowest BCUT2D eigenvalue weighted by molar-refractivity contribution is 0.0597. The van der Waals surface area contributed by atoms with E-state index in [-0.39, 0.29) is 11.3 Å². The topological polar surface area (TPSA) is 62.3 Å². The van der Waals surface area contributed by atoms with Gasteiger partial charge in [-0.2, -0.15) is 0 Å². The first kappa shape index (κ1) is 10.5. The van der Waals surface area contributed by atoms with Gasteiger partial charge in [0, 0.05) is 11.1 Å². The van der Waals surface area contributed by atoms with Crippen LogP contribution in [0.1, 0.15) is 21.6 Å². The molecule has 16 heavy (non-hydrogen) atoms. The largest absolute Gasteiger partial charge is 0.505 e. The molecule has 0 amide bonds. The van der Waals surface area contributed by atoms with Crippen molar-refractivity contribution in [3.63, 3.8) is 0 Å². The minimum Gasteiger partial charge on any atom is -0.505 e. The zero-order valence-electron chi connectivity index (χ0n) is 9.42. The maximum atomic E-state index is 11.5. The Morgan fingerprint density at radius 1 is 1.38 bits per heavy atom. The molecule has 4 nitrogen and oxygen atoms in total. The Morgan fingerprint density at radius 2 is 2.06 bits per heavy atom. The predicted octanol–water partition coefficient (Wildman–Crippen LogP) is 2.28. The molecular formula is C12H13NO3. The van der Waals surface area contributed by atoms with E-state index >= 15 is 0 Å². The van der Waals surface area contributed by atoms with Crippen LogP contribution in [0.25, 0.3) is 10.9 Å². The van der Waals surface area contributed by atoms with Gasteiger partial charge in [0.05, 0.1) is 12.6 Å². The number of hydrogen-bond donors (Lipinski definition) is 2. The number of aromatic amines is 1. The molecular weight excluding hydrogens is 206 g/mol. The average Bonchev–Trinajstić information content (AvgIpc) is 2.58. The number of hydrogen-bond acceptors (Lipinski definition) is 3. The normalized spacial score (nSPS) is 10.7. The van der Waals surface area contributed by atoms with Gasteiger partial charge in [0.1, 0.15) is 5.56 Å². The fraction of sp³-hybridized carbons (Fsp3) is 0.250. The minimum atomic E-state index is -0.524. The molecule has 0 saturated heterocycles. The Balaban J connectivity index is 2.79. The average molecular weight is 219 g/mol. The molecule has 84 valence electrons. The second-order valence-electron chi connectivity index (χ2n) is 3.83.